The van der Waals surface area contributed by atoms with E-state index >= 15 is 0 Å². The first-order valence-corrected chi connectivity index (χ1v) is 10.1. The number of halogens is 2. The largest absolute Gasteiger partial charge is 0.341 e. The van der Waals surface area contributed by atoms with Crippen LogP contribution in [0.5, 0.6) is 0 Å². The molecule has 1 N–H and O–H groups in total. The quantitative estimate of drug-likeness (QED) is 0.629. The van der Waals surface area contributed by atoms with Gasteiger partial charge in [-0.15, -0.1) is 0 Å². The summed E-state index contributed by atoms with van der Waals surface area (Å²) >= 11 is 9.67. The van der Waals surface area contributed by atoms with E-state index in [1.54, 1.807) is 10.7 Å². The van der Waals surface area contributed by atoms with Gasteiger partial charge < -0.3 is 10.2 Å². The Hall–Kier alpha value is -2.45. The molecule has 3 aromatic rings. The number of amides is 1. The molecule has 1 aliphatic heterocycles. The van der Waals surface area contributed by atoms with E-state index in [9.17, 15) is 4.79 Å². The van der Waals surface area contributed by atoms with Gasteiger partial charge in [0.2, 0.25) is 5.95 Å². The van der Waals surface area contributed by atoms with Crippen LogP contribution in [0.1, 0.15) is 29.0 Å². The minimum absolute atomic E-state index is 0.151. The number of nitrogens with one attached hydrogen (secondary N) is 1. The van der Waals surface area contributed by atoms with Gasteiger partial charge in [0.15, 0.2) is 5.69 Å². The molecule has 0 unspecified atom stereocenters. The van der Waals surface area contributed by atoms with Crippen molar-refractivity contribution >= 4 is 45.2 Å². The van der Waals surface area contributed by atoms with Crippen LogP contribution in [-0.2, 0) is 0 Å². The molecule has 3 heterocycles. The summed E-state index contributed by atoms with van der Waals surface area (Å²) in [4.78, 5) is 23.6. The van der Waals surface area contributed by atoms with Crippen LogP contribution in [0.4, 0.5) is 11.8 Å². The van der Waals surface area contributed by atoms with Gasteiger partial charge in [-0.1, -0.05) is 33.6 Å². The van der Waals surface area contributed by atoms with E-state index in [0.717, 1.165) is 41.8 Å². The summed E-state index contributed by atoms with van der Waals surface area (Å²) < 4.78 is 2.60. The number of nitrogens with zero attached hydrogens (tertiary/aromatic N) is 5. The molecule has 0 bridgehead atoms. The molecule has 1 aliphatic rings. The predicted molar refractivity (Wildman–Crippen MR) is 112 cm³/mol. The Kier molecular flexibility index (Phi) is 5.32. The van der Waals surface area contributed by atoms with Gasteiger partial charge in [-0.2, -0.15) is 5.10 Å². The molecule has 28 heavy (non-hydrogen) atoms. The van der Waals surface area contributed by atoms with Gasteiger partial charge >= 0.3 is 0 Å². The standard InChI is InChI=1S/C19H18BrClN6O/c1-12-9-16(27(25-12)14-6-4-5-13(20)10-14)23-18(28)17-15(21)11-22-19(24-17)26-7-2-3-8-26/h4-6,9-11H,2-3,7-8H2,1H3,(H,23,28). The number of benzene rings is 1. The third-order valence-electron chi connectivity index (χ3n) is 4.46. The van der Waals surface area contributed by atoms with Crippen LogP contribution in [0, 0.1) is 6.92 Å². The summed E-state index contributed by atoms with van der Waals surface area (Å²) in [6.07, 6.45) is 3.67. The number of rotatable bonds is 4. The second kappa shape index (κ2) is 7.89. The van der Waals surface area contributed by atoms with Crippen molar-refractivity contribution in [2.24, 2.45) is 0 Å². The lowest BCUT2D eigenvalue weighted by atomic mass is 10.3. The fraction of sp³-hybridized carbons (Fsp3) is 0.263. The maximum absolute atomic E-state index is 12.9. The summed E-state index contributed by atoms with van der Waals surface area (Å²) in [7, 11) is 0. The lowest BCUT2D eigenvalue weighted by Gasteiger charge is -2.16. The Balaban J connectivity index is 1.63. The van der Waals surface area contributed by atoms with Crippen molar-refractivity contribution in [1.29, 1.82) is 0 Å². The number of carbonyl (C=O) groups is 1. The Morgan fingerprint density at radius 2 is 2.04 bits per heavy atom. The minimum Gasteiger partial charge on any atom is -0.341 e. The Bertz CT molecular complexity index is 1030. The van der Waals surface area contributed by atoms with Gasteiger partial charge in [0.25, 0.3) is 5.91 Å². The normalized spacial score (nSPS) is 13.8. The summed E-state index contributed by atoms with van der Waals surface area (Å²) in [5, 5.41) is 7.57. The van der Waals surface area contributed by atoms with Crippen molar-refractivity contribution in [1.82, 2.24) is 19.7 Å². The third kappa shape index (κ3) is 3.88. The Morgan fingerprint density at radius 1 is 1.25 bits per heavy atom. The van der Waals surface area contributed by atoms with Crippen molar-refractivity contribution < 1.29 is 4.79 Å². The van der Waals surface area contributed by atoms with Gasteiger partial charge in [-0.3, -0.25) is 4.79 Å². The summed E-state index contributed by atoms with van der Waals surface area (Å²) in [5.41, 5.74) is 1.75. The molecule has 9 heteroatoms. The van der Waals surface area contributed by atoms with Crippen molar-refractivity contribution in [3.8, 4) is 5.69 Å². The summed E-state index contributed by atoms with van der Waals surface area (Å²) in [6, 6.07) is 9.47. The molecule has 1 saturated heterocycles. The highest BCUT2D eigenvalue weighted by Crippen LogP contribution is 2.23. The second-order valence-electron chi connectivity index (χ2n) is 6.58. The molecule has 0 atom stereocenters. The smallest absolute Gasteiger partial charge is 0.277 e. The maximum atomic E-state index is 12.9. The van der Waals surface area contributed by atoms with Crippen LogP contribution in [-0.4, -0.2) is 38.7 Å². The molecule has 144 valence electrons. The molecule has 1 aromatic carbocycles. The number of hydrogen-bond donors (Lipinski definition) is 1. The van der Waals surface area contributed by atoms with E-state index < -0.39 is 5.91 Å². The van der Waals surface area contributed by atoms with Crippen LogP contribution >= 0.6 is 27.5 Å². The first-order chi connectivity index (χ1) is 13.5. The molecule has 0 aliphatic carbocycles. The van der Waals surface area contributed by atoms with Crippen LogP contribution < -0.4 is 10.2 Å². The monoisotopic (exact) mass is 460 g/mol. The highest BCUT2D eigenvalue weighted by molar-refractivity contribution is 9.10. The van der Waals surface area contributed by atoms with E-state index in [4.69, 9.17) is 11.6 Å². The van der Waals surface area contributed by atoms with Crippen molar-refractivity contribution in [2.45, 2.75) is 19.8 Å². The molecule has 4 rings (SSSR count). The zero-order valence-corrected chi connectivity index (χ0v) is 17.5. The molecule has 1 fully saturated rings. The predicted octanol–water partition coefficient (Wildman–Crippen LogP) is 4.24. The number of carbonyl (C=O) groups excluding carboxylic acids is 1. The van der Waals surface area contributed by atoms with E-state index in [2.05, 4.69) is 41.2 Å². The number of aryl methyl sites for hydroxylation is 1. The van der Waals surface area contributed by atoms with Crippen molar-refractivity contribution in [2.75, 3.05) is 23.3 Å². The molecule has 7 nitrogen and oxygen atoms in total. The molecular weight excluding hydrogens is 444 g/mol. The fourth-order valence-corrected chi connectivity index (χ4v) is 3.72. The average molecular weight is 462 g/mol. The molecule has 0 radical (unpaired) electrons. The summed E-state index contributed by atoms with van der Waals surface area (Å²) in [5.74, 6) is 0.672. The first-order valence-electron chi connectivity index (χ1n) is 8.93. The fourth-order valence-electron chi connectivity index (χ4n) is 3.16. The molecule has 0 spiro atoms. The topological polar surface area (TPSA) is 75.9 Å². The average Bonchev–Trinajstić information content (AvgIpc) is 3.32. The van der Waals surface area contributed by atoms with Gasteiger partial charge in [0.1, 0.15) is 5.82 Å². The molecule has 0 saturated carbocycles. The van der Waals surface area contributed by atoms with Gasteiger partial charge in [-0.05, 0) is 38.0 Å². The van der Waals surface area contributed by atoms with E-state index in [1.807, 2.05) is 31.2 Å². The number of anilines is 2. The van der Waals surface area contributed by atoms with E-state index in [-0.39, 0.29) is 10.7 Å². The van der Waals surface area contributed by atoms with Crippen LogP contribution in [0.25, 0.3) is 5.69 Å². The van der Waals surface area contributed by atoms with Crippen LogP contribution in [0.2, 0.25) is 5.02 Å². The zero-order chi connectivity index (χ0) is 19.7. The Morgan fingerprint density at radius 3 is 2.79 bits per heavy atom. The van der Waals surface area contributed by atoms with Crippen LogP contribution in [0.15, 0.2) is 41.0 Å². The SMILES string of the molecule is Cc1cc(NC(=O)c2nc(N3CCCC3)ncc2Cl)n(-c2cccc(Br)c2)n1. The summed E-state index contributed by atoms with van der Waals surface area (Å²) in [6.45, 7) is 3.64. The second-order valence-corrected chi connectivity index (χ2v) is 7.90. The van der Waals surface area contributed by atoms with Gasteiger partial charge in [0, 0.05) is 23.6 Å². The highest BCUT2D eigenvalue weighted by Gasteiger charge is 2.21. The first kappa shape index (κ1) is 18.9. The third-order valence-corrected chi connectivity index (χ3v) is 5.23. The number of aromatic nitrogens is 4. The molecular formula is C19H18BrClN6O. The Labute approximate surface area is 175 Å². The van der Waals surface area contributed by atoms with Crippen molar-refractivity contribution in [3.05, 3.63) is 57.4 Å². The lowest BCUT2D eigenvalue weighted by Crippen LogP contribution is -2.23. The van der Waals surface area contributed by atoms with Gasteiger partial charge in [-0.25, -0.2) is 14.6 Å². The minimum atomic E-state index is -0.399. The molecule has 2 aromatic heterocycles. The maximum Gasteiger partial charge on any atom is 0.277 e. The van der Waals surface area contributed by atoms with E-state index in [1.165, 1.54) is 6.20 Å². The molecule has 1 amide bonds. The highest BCUT2D eigenvalue weighted by atomic mass is 79.9. The zero-order valence-electron chi connectivity index (χ0n) is 15.2. The van der Waals surface area contributed by atoms with Gasteiger partial charge in [0.05, 0.1) is 22.6 Å². The van der Waals surface area contributed by atoms with E-state index in [0.29, 0.717) is 11.8 Å². The van der Waals surface area contributed by atoms with Crippen LogP contribution in [0.3, 0.4) is 0 Å². The number of hydrogen-bond acceptors (Lipinski definition) is 5. The van der Waals surface area contributed by atoms with Crippen molar-refractivity contribution in [3.63, 3.8) is 0 Å². The lowest BCUT2D eigenvalue weighted by molar-refractivity contribution is 0.102.